The highest BCUT2D eigenvalue weighted by atomic mass is 35.5. The number of nitrogens with one attached hydrogen (secondary N) is 2. The van der Waals surface area contributed by atoms with E-state index < -0.39 is 17.8 Å². The van der Waals surface area contributed by atoms with Crippen molar-refractivity contribution in [2.24, 2.45) is 0 Å². The number of carbonyl (C=O) groups is 1. The summed E-state index contributed by atoms with van der Waals surface area (Å²) in [5.41, 5.74) is 0.222. The summed E-state index contributed by atoms with van der Waals surface area (Å²) in [5, 5.41) is 5.82. The van der Waals surface area contributed by atoms with Gasteiger partial charge in [-0.15, -0.1) is 24.8 Å². The summed E-state index contributed by atoms with van der Waals surface area (Å²) < 4.78 is 37.0. The van der Waals surface area contributed by atoms with E-state index in [9.17, 15) is 18.0 Å². The molecule has 2 heterocycles. The number of hydrogen-bond donors (Lipinski definition) is 2. The number of rotatable bonds is 3. The molecule has 1 aliphatic heterocycles. The van der Waals surface area contributed by atoms with E-state index in [1.165, 1.54) is 0 Å². The first kappa shape index (κ1) is 20.7. The molecule has 0 aliphatic carbocycles. The zero-order valence-corrected chi connectivity index (χ0v) is 13.1. The van der Waals surface area contributed by atoms with Crippen LogP contribution >= 0.6 is 24.8 Å². The van der Waals surface area contributed by atoms with Gasteiger partial charge in [0.25, 0.3) is 5.91 Å². The van der Waals surface area contributed by atoms with Gasteiger partial charge in [0.05, 0.1) is 5.56 Å². The summed E-state index contributed by atoms with van der Waals surface area (Å²) in [6, 6.07) is 1.93. The number of aromatic nitrogens is 1. The van der Waals surface area contributed by atoms with Gasteiger partial charge in [-0.3, -0.25) is 9.78 Å². The number of nitrogens with zero attached hydrogens (tertiary/aromatic N) is 1. The third-order valence-electron chi connectivity index (χ3n) is 2.95. The molecule has 0 fully saturated rings. The van der Waals surface area contributed by atoms with E-state index >= 15 is 0 Å². The molecule has 0 unspecified atom stereocenters. The second-order valence-corrected chi connectivity index (χ2v) is 4.43. The molecule has 1 aliphatic rings. The van der Waals surface area contributed by atoms with Crippen LogP contribution in [0.1, 0.15) is 22.5 Å². The van der Waals surface area contributed by atoms with Crippen LogP contribution in [-0.2, 0) is 6.18 Å². The number of pyridine rings is 1. The van der Waals surface area contributed by atoms with Gasteiger partial charge in [0.1, 0.15) is 5.69 Å². The Morgan fingerprint density at radius 2 is 2.05 bits per heavy atom. The van der Waals surface area contributed by atoms with Crippen LogP contribution < -0.4 is 10.6 Å². The normalized spacial score (nSPS) is 14.2. The van der Waals surface area contributed by atoms with Crippen LogP contribution in [0.25, 0.3) is 0 Å². The Bertz CT molecular complexity index is 518. The van der Waals surface area contributed by atoms with Crippen molar-refractivity contribution in [3.8, 4) is 0 Å². The summed E-state index contributed by atoms with van der Waals surface area (Å²) in [6.45, 7) is 2.04. The average Bonchev–Trinajstić information content (AvgIpc) is 2.45. The molecule has 2 rings (SSSR count). The molecule has 0 radical (unpaired) electrons. The molecule has 1 aromatic rings. The third kappa shape index (κ3) is 5.82. The standard InChI is InChI=1S/C13H14F3N3O.2ClH/c14-13(15,16)11-2-1-10(8-18-11)12(20)19-7-9-3-5-17-6-4-9;;/h1-3,8,17H,4-7H2,(H,19,20);2*1H. The van der Waals surface area contributed by atoms with E-state index in [-0.39, 0.29) is 30.4 Å². The van der Waals surface area contributed by atoms with Gasteiger partial charge in [0.15, 0.2) is 0 Å². The van der Waals surface area contributed by atoms with Gasteiger partial charge in [-0.25, -0.2) is 0 Å². The van der Waals surface area contributed by atoms with Crippen molar-refractivity contribution in [2.45, 2.75) is 12.6 Å². The van der Waals surface area contributed by atoms with Crippen LogP contribution in [0.4, 0.5) is 13.2 Å². The Hall–Kier alpha value is -1.31. The fourth-order valence-corrected chi connectivity index (χ4v) is 1.82. The molecule has 0 spiro atoms. The van der Waals surface area contributed by atoms with Gasteiger partial charge < -0.3 is 10.6 Å². The van der Waals surface area contributed by atoms with Crippen molar-refractivity contribution in [1.82, 2.24) is 15.6 Å². The van der Waals surface area contributed by atoms with Crippen molar-refractivity contribution in [3.05, 3.63) is 41.2 Å². The minimum atomic E-state index is -4.49. The van der Waals surface area contributed by atoms with Crippen LogP contribution in [-0.4, -0.2) is 30.5 Å². The van der Waals surface area contributed by atoms with Crippen LogP contribution in [0.5, 0.6) is 0 Å². The predicted molar refractivity (Wildman–Crippen MR) is 81.6 cm³/mol. The zero-order valence-electron chi connectivity index (χ0n) is 11.4. The summed E-state index contributed by atoms with van der Waals surface area (Å²) in [5.74, 6) is -0.425. The van der Waals surface area contributed by atoms with Crippen LogP contribution in [0, 0.1) is 0 Å². The molecule has 2 N–H and O–H groups in total. The second-order valence-electron chi connectivity index (χ2n) is 4.43. The molecular weight excluding hydrogens is 342 g/mol. The van der Waals surface area contributed by atoms with Crippen molar-refractivity contribution in [1.29, 1.82) is 0 Å². The van der Waals surface area contributed by atoms with Gasteiger partial charge in [0, 0.05) is 19.3 Å². The Labute approximate surface area is 138 Å². The lowest BCUT2D eigenvalue weighted by Gasteiger charge is -2.14. The van der Waals surface area contributed by atoms with E-state index in [0.29, 0.717) is 6.54 Å². The number of alkyl halides is 3. The van der Waals surface area contributed by atoms with E-state index in [2.05, 4.69) is 15.6 Å². The van der Waals surface area contributed by atoms with Gasteiger partial charge in [0.2, 0.25) is 0 Å². The van der Waals surface area contributed by atoms with Crippen LogP contribution in [0.2, 0.25) is 0 Å². The fraction of sp³-hybridized carbons (Fsp3) is 0.385. The molecule has 22 heavy (non-hydrogen) atoms. The Balaban J connectivity index is 0.00000220. The highest BCUT2D eigenvalue weighted by molar-refractivity contribution is 5.94. The minimum Gasteiger partial charge on any atom is -0.348 e. The van der Waals surface area contributed by atoms with Crippen molar-refractivity contribution in [3.63, 3.8) is 0 Å². The maximum Gasteiger partial charge on any atom is 0.433 e. The summed E-state index contributed by atoms with van der Waals surface area (Å²) in [4.78, 5) is 15.0. The molecule has 0 saturated carbocycles. The largest absolute Gasteiger partial charge is 0.433 e. The lowest BCUT2D eigenvalue weighted by molar-refractivity contribution is -0.141. The smallest absolute Gasteiger partial charge is 0.348 e. The van der Waals surface area contributed by atoms with Crippen molar-refractivity contribution in [2.75, 3.05) is 19.6 Å². The molecule has 4 nitrogen and oxygen atoms in total. The van der Waals surface area contributed by atoms with Gasteiger partial charge in [-0.1, -0.05) is 11.6 Å². The van der Waals surface area contributed by atoms with Gasteiger partial charge in [-0.05, 0) is 25.1 Å². The molecular formula is C13H16Cl2F3N3O. The minimum absolute atomic E-state index is 0. The molecule has 0 bridgehead atoms. The lowest BCUT2D eigenvalue weighted by Crippen LogP contribution is -2.29. The SMILES string of the molecule is Cl.Cl.O=C(NCC1=CCNCC1)c1ccc(C(F)(F)F)nc1. The highest BCUT2D eigenvalue weighted by Gasteiger charge is 2.32. The second kappa shape index (κ2) is 8.97. The fourth-order valence-electron chi connectivity index (χ4n) is 1.82. The first-order chi connectivity index (χ1) is 9.47. The summed E-state index contributed by atoms with van der Waals surface area (Å²) in [6.07, 6.45) is -0.704. The van der Waals surface area contributed by atoms with Crippen molar-refractivity contribution < 1.29 is 18.0 Å². The predicted octanol–water partition coefficient (Wildman–Crippen LogP) is 2.59. The van der Waals surface area contributed by atoms with Crippen molar-refractivity contribution >= 4 is 30.7 Å². The van der Waals surface area contributed by atoms with E-state index in [1.54, 1.807) is 0 Å². The highest BCUT2D eigenvalue weighted by Crippen LogP contribution is 2.27. The maximum absolute atomic E-state index is 12.3. The molecule has 1 amide bonds. The summed E-state index contributed by atoms with van der Waals surface area (Å²) in [7, 11) is 0. The topological polar surface area (TPSA) is 54.0 Å². The molecule has 0 saturated heterocycles. The third-order valence-corrected chi connectivity index (χ3v) is 2.95. The van der Waals surface area contributed by atoms with Gasteiger partial charge in [-0.2, -0.15) is 13.2 Å². The van der Waals surface area contributed by atoms with Gasteiger partial charge >= 0.3 is 6.18 Å². The first-order valence-electron chi connectivity index (χ1n) is 6.17. The quantitative estimate of drug-likeness (QED) is 0.817. The van der Waals surface area contributed by atoms with E-state index in [0.717, 1.165) is 43.4 Å². The Kier molecular flexibility index (Phi) is 8.44. The monoisotopic (exact) mass is 357 g/mol. The molecule has 1 aromatic heterocycles. The molecule has 0 atom stereocenters. The summed E-state index contributed by atoms with van der Waals surface area (Å²) >= 11 is 0. The number of hydrogen-bond acceptors (Lipinski definition) is 3. The van der Waals surface area contributed by atoms with E-state index in [1.807, 2.05) is 6.08 Å². The number of amides is 1. The van der Waals surface area contributed by atoms with Crippen LogP contribution in [0.3, 0.4) is 0 Å². The molecule has 0 aromatic carbocycles. The number of halogens is 5. The maximum atomic E-state index is 12.3. The Morgan fingerprint density at radius 1 is 1.32 bits per heavy atom. The zero-order chi connectivity index (χ0) is 14.6. The first-order valence-corrected chi connectivity index (χ1v) is 6.17. The number of carbonyl (C=O) groups excluding carboxylic acids is 1. The van der Waals surface area contributed by atoms with E-state index in [4.69, 9.17) is 0 Å². The molecule has 9 heteroatoms. The van der Waals surface area contributed by atoms with Crippen LogP contribution in [0.15, 0.2) is 30.0 Å². The average molecular weight is 358 g/mol. The lowest BCUT2D eigenvalue weighted by atomic mass is 10.1. The molecule has 124 valence electrons. The Morgan fingerprint density at radius 3 is 2.55 bits per heavy atom.